The molecule has 0 aliphatic rings. The number of rotatable bonds is 5. The highest BCUT2D eigenvalue weighted by atomic mass is 32.2. The molecular weight excluding hydrogens is 415 g/mol. The Morgan fingerprint density at radius 2 is 1.73 bits per heavy atom. The maximum atomic E-state index is 12.8. The van der Waals surface area contributed by atoms with E-state index in [-0.39, 0.29) is 22.1 Å². The number of alkyl halides is 3. The van der Waals surface area contributed by atoms with Crippen molar-refractivity contribution in [1.29, 1.82) is 0 Å². The van der Waals surface area contributed by atoms with Crippen molar-refractivity contribution in [2.45, 2.75) is 37.6 Å². The van der Waals surface area contributed by atoms with Gasteiger partial charge >= 0.3 is 6.18 Å². The summed E-state index contributed by atoms with van der Waals surface area (Å²) in [6.07, 6.45) is -4.47. The minimum Gasteiger partial charge on any atom is -0.411 e. The molecule has 2 aromatic carbocycles. The Balaban J connectivity index is 1.58. The normalized spacial score (nSPS) is 12.1. The van der Waals surface area contributed by atoms with Crippen molar-refractivity contribution in [2.24, 2.45) is 0 Å². The molecule has 0 atom stereocenters. The highest BCUT2D eigenvalue weighted by molar-refractivity contribution is 7.99. The molecule has 0 saturated carbocycles. The van der Waals surface area contributed by atoms with E-state index in [4.69, 9.17) is 4.42 Å². The molecule has 158 valence electrons. The first-order valence-corrected chi connectivity index (χ1v) is 10.1. The number of benzene rings is 2. The molecule has 0 spiro atoms. The molecular formula is C21H20F3N3O2S. The van der Waals surface area contributed by atoms with Gasteiger partial charge in [-0.3, -0.25) is 4.79 Å². The lowest BCUT2D eigenvalue weighted by molar-refractivity contribution is -0.137. The van der Waals surface area contributed by atoms with E-state index in [1.165, 1.54) is 17.7 Å². The van der Waals surface area contributed by atoms with E-state index in [2.05, 4.69) is 36.3 Å². The number of amides is 1. The minimum atomic E-state index is -4.47. The van der Waals surface area contributed by atoms with E-state index in [0.717, 1.165) is 29.5 Å². The van der Waals surface area contributed by atoms with Crippen molar-refractivity contribution in [1.82, 2.24) is 10.2 Å². The van der Waals surface area contributed by atoms with Crippen LogP contribution in [-0.2, 0) is 16.4 Å². The molecule has 0 fully saturated rings. The summed E-state index contributed by atoms with van der Waals surface area (Å²) >= 11 is 1.01. The van der Waals surface area contributed by atoms with Crippen molar-refractivity contribution in [3.05, 3.63) is 59.7 Å². The zero-order valence-corrected chi connectivity index (χ0v) is 17.4. The van der Waals surface area contributed by atoms with Crippen LogP contribution in [0.15, 0.2) is 58.2 Å². The summed E-state index contributed by atoms with van der Waals surface area (Å²) < 4.78 is 43.8. The Bertz CT molecular complexity index is 1020. The average Bonchev–Trinajstić information content (AvgIpc) is 3.14. The molecule has 0 saturated heterocycles. The first-order valence-electron chi connectivity index (χ1n) is 9.07. The molecule has 0 unspecified atom stereocenters. The van der Waals surface area contributed by atoms with E-state index < -0.39 is 17.6 Å². The monoisotopic (exact) mass is 435 g/mol. The van der Waals surface area contributed by atoms with Gasteiger partial charge in [0.2, 0.25) is 11.8 Å². The molecule has 3 aromatic rings. The zero-order valence-electron chi connectivity index (χ0n) is 16.6. The van der Waals surface area contributed by atoms with Gasteiger partial charge in [-0.2, -0.15) is 13.2 Å². The number of aromatic nitrogens is 2. The predicted octanol–water partition coefficient (Wildman–Crippen LogP) is 5.78. The first-order chi connectivity index (χ1) is 14.0. The van der Waals surface area contributed by atoms with Crippen molar-refractivity contribution < 1.29 is 22.4 Å². The number of thioether (sulfide) groups is 1. The van der Waals surface area contributed by atoms with Gasteiger partial charge in [0.1, 0.15) is 0 Å². The first kappa shape index (κ1) is 21.9. The van der Waals surface area contributed by atoms with Gasteiger partial charge in [-0.25, -0.2) is 0 Å². The Kier molecular flexibility index (Phi) is 6.21. The molecule has 0 bridgehead atoms. The quantitative estimate of drug-likeness (QED) is 0.514. The Morgan fingerprint density at radius 3 is 2.37 bits per heavy atom. The summed E-state index contributed by atoms with van der Waals surface area (Å²) in [6.45, 7) is 6.36. The summed E-state index contributed by atoms with van der Waals surface area (Å²) in [5.41, 5.74) is 1.21. The lowest BCUT2D eigenvalue weighted by Gasteiger charge is -2.18. The molecule has 5 nitrogen and oxygen atoms in total. The molecule has 1 aromatic heterocycles. The standard InChI is InChI=1S/C21H20F3N3O2S/c1-20(2,3)14-9-7-13(8-10-14)18-26-27-19(29-18)30-12-17(28)25-16-6-4-5-15(11-16)21(22,23)24/h4-11H,12H2,1-3H3,(H,25,28). The van der Waals surface area contributed by atoms with Crippen LogP contribution in [0.2, 0.25) is 0 Å². The molecule has 0 aliphatic heterocycles. The Hall–Kier alpha value is -2.81. The van der Waals surface area contributed by atoms with Crippen molar-refractivity contribution in [3.8, 4) is 11.5 Å². The van der Waals surface area contributed by atoms with Crippen LogP contribution in [0.4, 0.5) is 18.9 Å². The fourth-order valence-corrected chi connectivity index (χ4v) is 3.16. The van der Waals surface area contributed by atoms with Gasteiger partial charge in [0.15, 0.2) is 0 Å². The number of halogens is 3. The van der Waals surface area contributed by atoms with Crippen molar-refractivity contribution >= 4 is 23.4 Å². The molecule has 1 heterocycles. The van der Waals surface area contributed by atoms with Crippen LogP contribution in [0.3, 0.4) is 0 Å². The van der Waals surface area contributed by atoms with Crippen molar-refractivity contribution in [2.75, 3.05) is 11.1 Å². The molecule has 3 rings (SSSR count). The topological polar surface area (TPSA) is 68.0 Å². The lowest BCUT2D eigenvalue weighted by atomic mass is 9.87. The summed E-state index contributed by atoms with van der Waals surface area (Å²) in [4.78, 5) is 12.1. The van der Waals surface area contributed by atoms with E-state index in [1.54, 1.807) is 0 Å². The van der Waals surface area contributed by atoms with E-state index >= 15 is 0 Å². The molecule has 30 heavy (non-hydrogen) atoms. The van der Waals surface area contributed by atoms with Gasteiger partial charge in [0, 0.05) is 11.3 Å². The summed E-state index contributed by atoms with van der Waals surface area (Å²) in [7, 11) is 0. The van der Waals surface area contributed by atoms with Gasteiger partial charge in [-0.15, -0.1) is 10.2 Å². The summed E-state index contributed by atoms with van der Waals surface area (Å²) in [5.74, 6) is -0.231. The molecule has 1 amide bonds. The molecule has 0 aliphatic carbocycles. The molecule has 0 radical (unpaired) electrons. The fourth-order valence-electron chi connectivity index (χ4n) is 2.60. The van der Waals surface area contributed by atoms with E-state index in [9.17, 15) is 18.0 Å². The molecule has 9 heteroatoms. The zero-order chi connectivity index (χ0) is 21.9. The maximum Gasteiger partial charge on any atom is 0.416 e. The second-order valence-electron chi connectivity index (χ2n) is 7.62. The van der Waals surface area contributed by atoms with Crippen molar-refractivity contribution in [3.63, 3.8) is 0 Å². The number of nitrogens with zero attached hydrogens (tertiary/aromatic N) is 2. The van der Waals surface area contributed by atoms with Gasteiger partial charge in [0.05, 0.1) is 11.3 Å². The largest absolute Gasteiger partial charge is 0.416 e. The third-order valence-electron chi connectivity index (χ3n) is 4.20. The van der Waals surface area contributed by atoms with Crippen LogP contribution in [0.1, 0.15) is 31.9 Å². The predicted molar refractivity (Wildman–Crippen MR) is 109 cm³/mol. The third kappa shape index (κ3) is 5.63. The second-order valence-corrected chi connectivity index (χ2v) is 8.54. The van der Waals surface area contributed by atoms with Gasteiger partial charge in [-0.05, 0) is 41.3 Å². The number of hydrogen-bond acceptors (Lipinski definition) is 5. The second kappa shape index (κ2) is 8.51. The van der Waals surface area contributed by atoms with Crippen LogP contribution < -0.4 is 5.32 Å². The highest BCUT2D eigenvalue weighted by Crippen LogP contribution is 2.31. The fraction of sp³-hybridized carbons (Fsp3) is 0.286. The average molecular weight is 435 g/mol. The van der Waals surface area contributed by atoms with Crippen LogP contribution >= 0.6 is 11.8 Å². The smallest absolute Gasteiger partial charge is 0.411 e. The number of nitrogens with one attached hydrogen (secondary N) is 1. The van der Waals surface area contributed by atoms with Gasteiger partial charge in [0.25, 0.3) is 5.22 Å². The van der Waals surface area contributed by atoms with Crippen LogP contribution in [0, 0.1) is 0 Å². The lowest BCUT2D eigenvalue weighted by Crippen LogP contribution is -2.15. The maximum absolute atomic E-state index is 12.8. The van der Waals surface area contributed by atoms with Crippen LogP contribution in [0.5, 0.6) is 0 Å². The third-order valence-corrected chi connectivity index (χ3v) is 5.02. The van der Waals surface area contributed by atoms with Gasteiger partial charge in [-0.1, -0.05) is 50.7 Å². The van der Waals surface area contributed by atoms with Crippen LogP contribution in [-0.4, -0.2) is 21.9 Å². The number of carbonyl (C=O) groups is 1. The molecule has 1 N–H and O–H groups in total. The highest BCUT2D eigenvalue weighted by Gasteiger charge is 2.30. The summed E-state index contributed by atoms with van der Waals surface area (Å²) in [6, 6.07) is 12.2. The van der Waals surface area contributed by atoms with Gasteiger partial charge < -0.3 is 9.73 Å². The SMILES string of the molecule is CC(C)(C)c1ccc(-c2nnc(SCC(=O)Nc3cccc(C(F)(F)F)c3)o2)cc1. The Morgan fingerprint density at radius 1 is 1.03 bits per heavy atom. The van der Waals surface area contributed by atoms with E-state index in [1.807, 2.05) is 24.3 Å². The minimum absolute atomic E-state index is 0.0291. The number of carbonyl (C=O) groups excluding carboxylic acids is 1. The number of anilines is 1. The van der Waals surface area contributed by atoms with Crippen LogP contribution in [0.25, 0.3) is 11.5 Å². The number of hydrogen-bond donors (Lipinski definition) is 1. The van der Waals surface area contributed by atoms with E-state index in [0.29, 0.717) is 5.89 Å². The summed E-state index contributed by atoms with van der Waals surface area (Å²) in [5, 5.41) is 10.5. The Labute approximate surface area is 176 Å².